The lowest BCUT2D eigenvalue weighted by molar-refractivity contribution is 0.497. The number of rotatable bonds is 5. The molecule has 0 aliphatic rings. The number of aliphatic imine (C=N–C) groups is 1. The smallest absolute Gasteiger partial charge is 0.211 e. The third kappa shape index (κ3) is 2.68. The molecular weight excluding hydrogens is 294 g/mol. The van der Waals surface area contributed by atoms with Crippen molar-refractivity contribution in [2.24, 2.45) is 4.99 Å². The van der Waals surface area contributed by atoms with Crippen LogP contribution in [0.4, 0.5) is 0 Å². The maximum absolute atomic E-state index is 11.1. The fraction of sp³-hybridized carbons (Fsp3) is 0.136. The van der Waals surface area contributed by atoms with Crippen molar-refractivity contribution in [1.29, 1.82) is 0 Å². The zero-order valence-corrected chi connectivity index (χ0v) is 13.6. The van der Waals surface area contributed by atoms with Crippen LogP contribution in [0.5, 0.6) is 0 Å². The van der Waals surface area contributed by atoms with Crippen LogP contribution in [0.25, 0.3) is 0 Å². The number of isocyanates is 1. The van der Waals surface area contributed by atoms with Gasteiger partial charge in [0.25, 0.3) is 0 Å². The van der Waals surface area contributed by atoms with Gasteiger partial charge in [-0.1, -0.05) is 91.0 Å². The Bertz CT molecular complexity index is 725. The minimum atomic E-state index is -0.540. The highest BCUT2D eigenvalue weighted by atomic mass is 16.1. The first kappa shape index (κ1) is 15.9. The molecule has 0 aliphatic carbocycles. The van der Waals surface area contributed by atoms with Gasteiger partial charge >= 0.3 is 0 Å². The number of benzene rings is 3. The number of hydrogen-bond acceptors (Lipinski definition) is 2. The van der Waals surface area contributed by atoms with Gasteiger partial charge in [0.15, 0.2) is 0 Å². The van der Waals surface area contributed by atoms with Gasteiger partial charge in [-0.2, -0.15) is 0 Å². The summed E-state index contributed by atoms with van der Waals surface area (Å²) in [4.78, 5) is 15.2. The minimum Gasteiger partial charge on any atom is -0.211 e. The van der Waals surface area contributed by atoms with E-state index in [0.717, 1.165) is 16.7 Å². The first-order valence-corrected chi connectivity index (χ1v) is 8.03. The molecule has 0 fully saturated rings. The molecule has 2 heteroatoms. The summed E-state index contributed by atoms with van der Waals surface area (Å²) in [7, 11) is 0. The average molecular weight is 313 g/mol. The van der Waals surface area contributed by atoms with Gasteiger partial charge in [-0.05, 0) is 23.6 Å². The Morgan fingerprint density at radius 3 is 1.33 bits per heavy atom. The van der Waals surface area contributed by atoms with Crippen LogP contribution in [0.2, 0.25) is 0 Å². The molecule has 0 aliphatic heterocycles. The van der Waals surface area contributed by atoms with E-state index >= 15 is 0 Å². The van der Waals surface area contributed by atoms with Crippen molar-refractivity contribution in [2.75, 3.05) is 0 Å². The molecule has 0 saturated carbocycles. The van der Waals surface area contributed by atoms with Gasteiger partial charge in [-0.15, -0.1) is 0 Å². The fourth-order valence-corrected chi connectivity index (χ4v) is 3.50. The van der Waals surface area contributed by atoms with Gasteiger partial charge < -0.3 is 0 Å². The molecule has 1 atom stereocenters. The number of carbonyl (C=O) groups excluding carboxylic acids is 1. The second-order valence-corrected chi connectivity index (χ2v) is 5.80. The van der Waals surface area contributed by atoms with E-state index in [-0.39, 0.29) is 6.04 Å². The quantitative estimate of drug-likeness (QED) is 0.380. The van der Waals surface area contributed by atoms with Crippen LogP contribution in [-0.2, 0) is 10.2 Å². The third-order valence-electron chi connectivity index (χ3n) is 4.56. The topological polar surface area (TPSA) is 29.4 Å². The maximum atomic E-state index is 11.1. The highest BCUT2D eigenvalue weighted by Crippen LogP contribution is 2.43. The van der Waals surface area contributed by atoms with Crippen LogP contribution in [0, 0.1) is 0 Å². The Kier molecular flexibility index (Phi) is 4.69. The lowest BCUT2D eigenvalue weighted by atomic mass is 9.65. The van der Waals surface area contributed by atoms with E-state index < -0.39 is 5.41 Å². The Balaban J connectivity index is 2.39. The molecule has 2 nitrogen and oxygen atoms in total. The molecule has 3 aromatic rings. The number of hydrogen-bond donors (Lipinski definition) is 0. The molecule has 24 heavy (non-hydrogen) atoms. The van der Waals surface area contributed by atoms with Crippen molar-refractivity contribution in [3.8, 4) is 0 Å². The van der Waals surface area contributed by atoms with E-state index in [2.05, 4.69) is 41.4 Å². The van der Waals surface area contributed by atoms with Crippen LogP contribution in [0.15, 0.2) is 96.0 Å². The van der Waals surface area contributed by atoms with Crippen molar-refractivity contribution in [3.63, 3.8) is 0 Å². The van der Waals surface area contributed by atoms with Gasteiger partial charge in [0.05, 0.1) is 11.5 Å². The van der Waals surface area contributed by atoms with E-state index in [1.54, 1.807) is 6.08 Å². The van der Waals surface area contributed by atoms with Crippen molar-refractivity contribution in [2.45, 2.75) is 18.4 Å². The van der Waals surface area contributed by atoms with Crippen LogP contribution in [0.1, 0.15) is 23.6 Å². The molecule has 0 spiro atoms. The Labute approximate surface area is 142 Å². The van der Waals surface area contributed by atoms with Gasteiger partial charge in [0, 0.05) is 0 Å². The molecule has 0 heterocycles. The summed E-state index contributed by atoms with van der Waals surface area (Å²) >= 11 is 0. The fourth-order valence-electron chi connectivity index (χ4n) is 3.50. The molecule has 3 rings (SSSR count). The first-order chi connectivity index (χ1) is 11.8. The van der Waals surface area contributed by atoms with Crippen molar-refractivity contribution in [1.82, 2.24) is 0 Å². The summed E-state index contributed by atoms with van der Waals surface area (Å²) in [5.41, 5.74) is 2.78. The Morgan fingerprint density at radius 1 is 0.708 bits per heavy atom. The van der Waals surface area contributed by atoms with Gasteiger partial charge in [-0.3, -0.25) is 0 Å². The highest BCUT2D eigenvalue weighted by molar-refractivity contribution is 5.53. The summed E-state index contributed by atoms with van der Waals surface area (Å²) in [6.07, 6.45) is 1.76. The van der Waals surface area contributed by atoms with Crippen LogP contribution < -0.4 is 0 Å². The molecule has 3 aromatic carbocycles. The molecule has 0 saturated heterocycles. The van der Waals surface area contributed by atoms with Gasteiger partial charge in [-0.25, -0.2) is 9.79 Å². The highest BCUT2D eigenvalue weighted by Gasteiger charge is 2.41. The summed E-state index contributed by atoms with van der Waals surface area (Å²) in [5.74, 6) is 0. The molecule has 0 radical (unpaired) electrons. The number of nitrogens with zero attached hydrogens (tertiary/aromatic N) is 1. The average Bonchev–Trinajstić information content (AvgIpc) is 2.65. The lowest BCUT2D eigenvalue weighted by Gasteiger charge is -2.38. The van der Waals surface area contributed by atoms with Crippen molar-refractivity contribution >= 4 is 6.08 Å². The molecule has 0 bridgehead atoms. The lowest BCUT2D eigenvalue weighted by Crippen LogP contribution is -2.39. The first-order valence-electron chi connectivity index (χ1n) is 8.03. The predicted octanol–water partition coefficient (Wildman–Crippen LogP) is 4.75. The van der Waals surface area contributed by atoms with E-state index in [9.17, 15) is 4.79 Å². The van der Waals surface area contributed by atoms with E-state index in [4.69, 9.17) is 0 Å². The van der Waals surface area contributed by atoms with Gasteiger partial charge in [0.1, 0.15) is 0 Å². The molecular formula is C22H19NO. The minimum absolute atomic E-state index is 0.290. The predicted molar refractivity (Wildman–Crippen MR) is 96.8 cm³/mol. The Morgan fingerprint density at radius 2 is 1.04 bits per heavy atom. The van der Waals surface area contributed by atoms with Crippen molar-refractivity contribution in [3.05, 3.63) is 108 Å². The monoisotopic (exact) mass is 313 g/mol. The summed E-state index contributed by atoms with van der Waals surface area (Å²) in [6.45, 7) is 1.97. The van der Waals surface area contributed by atoms with Gasteiger partial charge in [0.2, 0.25) is 6.08 Å². The summed E-state index contributed by atoms with van der Waals surface area (Å²) in [6, 6.07) is 30.4. The molecule has 1 unspecified atom stereocenters. The largest absolute Gasteiger partial charge is 0.235 e. The van der Waals surface area contributed by atoms with Crippen LogP contribution >= 0.6 is 0 Å². The van der Waals surface area contributed by atoms with E-state index in [0.29, 0.717) is 0 Å². The second kappa shape index (κ2) is 7.08. The van der Waals surface area contributed by atoms with Crippen LogP contribution in [0.3, 0.4) is 0 Å². The second-order valence-electron chi connectivity index (χ2n) is 5.80. The normalized spacial score (nSPS) is 12.2. The van der Waals surface area contributed by atoms with Crippen LogP contribution in [-0.4, -0.2) is 12.1 Å². The standard InChI is InChI=1S/C22H19NO/c1-18(23-17-24)22(19-11-5-2-6-12-19,20-13-7-3-8-14-20)21-15-9-4-10-16-21/h2-16,18H,1H3. The summed E-state index contributed by atoms with van der Waals surface area (Å²) in [5, 5.41) is 0. The van der Waals surface area contributed by atoms with Crippen molar-refractivity contribution < 1.29 is 4.79 Å². The zero-order valence-electron chi connectivity index (χ0n) is 13.6. The summed E-state index contributed by atoms with van der Waals surface area (Å²) < 4.78 is 0. The Hall–Kier alpha value is -2.96. The molecule has 0 N–H and O–H groups in total. The molecule has 0 aromatic heterocycles. The maximum Gasteiger partial charge on any atom is 0.235 e. The molecule has 118 valence electrons. The van der Waals surface area contributed by atoms with E-state index in [1.807, 2.05) is 61.5 Å². The van der Waals surface area contributed by atoms with E-state index in [1.165, 1.54) is 0 Å². The SMILES string of the molecule is CC(N=C=O)C(c1ccccc1)(c1ccccc1)c1ccccc1. The molecule has 0 amide bonds. The third-order valence-corrected chi connectivity index (χ3v) is 4.56. The zero-order chi connectivity index (χ0) is 16.8.